The Labute approximate surface area is 92.4 Å². The third kappa shape index (κ3) is 1.91. The Balaban J connectivity index is 2.13. The Morgan fingerprint density at radius 2 is 2.50 bits per heavy atom. The second kappa shape index (κ2) is 4.28. The van der Waals surface area contributed by atoms with E-state index in [0.717, 1.165) is 29.9 Å². The molecule has 1 aromatic heterocycles. The van der Waals surface area contributed by atoms with Gasteiger partial charge < -0.3 is 10.6 Å². The largest absolute Gasteiger partial charge is 0.355 e. The normalized spacial score (nSPS) is 21.6. The molecule has 1 aromatic rings. The molecule has 2 heterocycles. The molecule has 1 fully saturated rings. The molecule has 0 spiro atoms. The number of anilines is 1. The summed E-state index contributed by atoms with van der Waals surface area (Å²) in [5.41, 5.74) is 5.65. The van der Waals surface area contributed by atoms with Crippen molar-refractivity contribution in [2.75, 3.05) is 24.5 Å². The Morgan fingerprint density at radius 3 is 3.14 bits per heavy atom. The van der Waals surface area contributed by atoms with Crippen LogP contribution in [0, 0.1) is 5.92 Å². The van der Waals surface area contributed by atoms with Gasteiger partial charge >= 0.3 is 0 Å². The molecule has 0 aliphatic carbocycles. The predicted octanol–water partition coefficient (Wildman–Crippen LogP) is 1.63. The van der Waals surface area contributed by atoms with Crippen LogP contribution in [0.4, 0.5) is 5.82 Å². The number of nitrogens with two attached hydrogens (primary N) is 1. The summed E-state index contributed by atoms with van der Waals surface area (Å²) in [6.45, 7) is 2.88. The van der Waals surface area contributed by atoms with Crippen molar-refractivity contribution in [1.82, 2.24) is 4.98 Å². The Morgan fingerprint density at radius 1 is 1.64 bits per heavy atom. The molecule has 0 saturated carbocycles. The van der Waals surface area contributed by atoms with Gasteiger partial charge in [0.05, 0.1) is 4.47 Å². The van der Waals surface area contributed by atoms with Gasteiger partial charge in [-0.25, -0.2) is 4.98 Å². The highest BCUT2D eigenvalue weighted by Gasteiger charge is 2.23. The second-order valence-electron chi connectivity index (χ2n) is 3.65. The second-order valence-corrected chi connectivity index (χ2v) is 4.50. The van der Waals surface area contributed by atoms with E-state index in [0.29, 0.717) is 5.92 Å². The van der Waals surface area contributed by atoms with Crippen molar-refractivity contribution >= 4 is 21.7 Å². The molecule has 76 valence electrons. The van der Waals surface area contributed by atoms with E-state index in [1.165, 1.54) is 6.42 Å². The zero-order valence-corrected chi connectivity index (χ0v) is 9.57. The van der Waals surface area contributed by atoms with E-state index in [4.69, 9.17) is 5.73 Å². The summed E-state index contributed by atoms with van der Waals surface area (Å²) < 4.78 is 1.07. The third-order valence-corrected chi connectivity index (χ3v) is 3.28. The van der Waals surface area contributed by atoms with Gasteiger partial charge in [0, 0.05) is 19.3 Å². The van der Waals surface area contributed by atoms with Crippen LogP contribution in [0.1, 0.15) is 6.42 Å². The Bertz CT molecular complexity index is 316. The number of rotatable bonds is 2. The number of nitrogens with zero attached hydrogens (tertiary/aromatic N) is 2. The molecular formula is C10H14BrN3. The van der Waals surface area contributed by atoms with E-state index >= 15 is 0 Å². The minimum Gasteiger partial charge on any atom is -0.355 e. The van der Waals surface area contributed by atoms with E-state index in [1.54, 1.807) is 0 Å². The zero-order chi connectivity index (χ0) is 9.97. The first-order valence-corrected chi connectivity index (χ1v) is 5.66. The van der Waals surface area contributed by atoms with Crippen LogP contribution in [0.5, 0.6) is 0 Å². The van der Waals surface area contributed by atoms with E-state index < -0.39 is 0 Å². The molecule has 1 atom stereocenters. The minimum absolute atomic E-state index is 0.629. The topological polar surface area (TPSA) is 42.1 Å². The molecule has 1 unspecified atom stereocenters. The Hall–Kier alpha value is -0.610. The lowest BCUT2D eigenvalue weighted by atomic mass is 10.1. The standard InChI is InChI=1S/C10H14BrN3/c11-9-2-1-4-13-10(9)14-5-3-8(6-12)7-14/h1-2,4,8H,3,5-7,12H2. The van der Waals surface area contributed by atoms with Crippen LogP contribution in [0.15, 0.2) is 22.8 Å². The van der Waals surface area contributed by atoms with Crippen LogP contribution < -0.4 is 10.6 Å². The highest BCUT2D eigenvalue weighted by molar-refractivity contribution is 9.10. The number of hydrogen-bond acceptors (Lipinski definition) is 3. The maximum atomic E-state index is 5.65. The highest BCUT2D eigenvalue weighted by Crippen LogP contribution is 2.27. The van der Waals surface area contributed by atoms with Crippen LogP contribution in [0.3, 0.4) is 0 Å². The molecule has 2 rings (SSSR count). The first-order chi connectivity index (χ1) is 6.81. The predicted molar refractivity (Wildman–Crippen MR) is 61.3 cm³/mol. The Kier molecular flexibility index (Phi) is 3.03. The number of halogens is 1. The molecule has 0 bridgehead atoms. The molecule has 0 aromatic carbocycles. The quantitative estimate of drug-likeness (QED) is 0.874. The van der Waals surface area contributed by atoms with Gasteiger partial charge in [-0.3, -0.25) is 0 Å². The lowest BCUT2D eigenvalue weighted by Crippen LogP contribution is -2.23. The summed E-state index contributed by atoms with van der Waals surface area (Å²) in [7, 11) is 0. The van der Waals surface area contributed by atoms with Gasteiger partial charge in [0.25, 0.3) is 0 Å². The van der Waals surface area contributed by atoms with Crippen LogP contribution in [-0.2, 0) is 0 Å². The summed E-state index contributed by atoms with van der Waals surface area (Å²) >= 11 is 3.51. The van der Waals surface area contributed by atoms with Crippen molar-refractivity contribution in [1.29, 1.82) is 0 Å². The molecule has 14 heavy (non-hydrogen) atoms. The van der Waals surface area contributed by atoms with Crippen LogP contribution >= 0.6 is 15.9 Å². The van der Waals surface area contributed by atoms with E-state index in [1.807, 2.05) is 18.3 Å². The average Bonchev–Trinajstić information content (AvgIpc) is 2.67. The molecule has 2 N–H and O–H groups in total. The van der Waals surface area contributed by atoms with Gasteiger partial charge in [-0.05, 0) is 46.9 Å². The minimum atomic E-state index is 0.629. The van der Waals surface area contributed by atoms with Crippen LogP contribution in [-0.4, -0.2) is 24.6 Å². The molecule has 4 heteroatoms. The molecule has 1 saturated heterocycles. The lowest BCUT2D eigenvalue weighted by Gasteiger charge is -2.18. The van der Waals surface area contributed by atoms with Gasteiger partial charge in [-0.1, -0.05) is 0 Å². The van der Waals surface area contributed by atoms with Crippen molar-refractivity contribution in [2.24, 2.45) is 11.7 Å². The van der Waals surface area contributed by atoms with E-state index in [2.05, 4.69) is 25.8 Å². The molecule has 1 aliphatic rings. The smallest absolute Gasteiger partial charge is 0.142 e. The molecule has 0 amide bonds. The first-order valence-electron chi connectivity index (χ1n) is 4.87. The van der Waals surface area contributed by atoms with Crippen molar-refractivity contribution in [2.45, 2.75) is 6.42 Å². The van der Waals surface area contributed by atoms with Crippen LogP contribution in [0.2, 0.25) is 0 Å². The fourth-order valence-corrected chi connectivity index (χ4v) is 2.33. The van der Waals surface area contributed by atoms with Gasteiger partial charge in [0.1, 0.15) is 5.82 Å². The fourth-order valence-electron chi connectivity index (χ4n) is 1.83. The monoisotopic (exact) mass is 255 g/mol. The third-order valence-electron chi connectivity index (χ3n) is 2.66. The van der Waals surface area contributed by atoms with Gasteiger partial charge in [-0.2, -0.15) is 0 Å². The highest BCUT2D eigenvalue weighted by atomic mass is 79.9. The van der Waals surface area contributed by atoms with Gasteiger partial charge in [0.15, 0.2) is 0 Å². The average molecular weight is 256 g/mol. The molecule has 0 radical (unpaired) electrons. The summed E-state index contributed by atoms with van der Waals surface area (Å²) in [5.74, 6) is 1.67. The van der Waals surface area contributed by atoms with E-state index in [9.17, 15) is 0 Å². The fraction of sp³-hybridized carbons (Fsp3) is 0.500. The maximum Gasteiger partial charge on any atom is 0.142 e. The van der Waals surface area contributed by atoms with E-state index in [-0.39, 0.29) is 0 Å². The molecular weight excluding hydrogens is 242 g/mol. The zero-order valence-electron chi connectivity index (χ0n) is 7.99. The summed E-state index contributed by atoms with van der Waals surface area (Å²) in [6.07, 6.45) is 3.01. The number of aromatic nitrogens is 1. The van der Waals surface area contributed by atoms with Crippen molar-refractivity contribution in [3.8, 4) is 0 Å². The summed E-state index contributed by atoms with van der Waals surface area (Å²) in [4.78, 5) is 6.66. The number of hydrogen-bond donors (Lipinski definition) is 1. The lowest BCUT2D eigenvalue weighted by molar-refractivity contribution is 0.602. The molecule has 1 aliphatic heterocycles. The maximum absolute atomic E-state index is 5.65. The van der Waals surface area contributed by atoms with Crippen molar-refractivity contribution < 1.29 is 0 Å². The first kappa shape index (κ1) is 9.93. The van der Waals surface area contributed by atoms with Crippen molar-refractivity contribution in [3.05, 3.63) is 22.8 Å². The number of pyridine rings is 1. The summed E-state index contributed by atoms with van der Waals surface area (Å²) in [5, 5.41) is 0. The van der Waals surface area contributed by atoms with Crippen LogP contribution in [0.25, 0.3) is 0 Å². The SMILES string of the molecule is NCC1CCN(c2ncccc2Br)C1. The molecule has 3 nitrogen and oxygen atoms in total. The van der Waals surface area contributed by atoms with Crippen molar-refractivity contribution in [3.63, 3.8) is 0 Å². The van der Waals surface area contributed by atoms with Gasteiger partial charge in [-0.15, -0.1) is 0 Å². The summed E-state index contributed by atoms with van der Waals surface area (Å²) in [6, 6.07) is 3.96. The van der Waals surface area contributed by atoms with Gasteiger partial charge in [0.2, 0.25) is 0 Å².